The second kappa shape index (κ2) is 14.1. The number of benzene rings is 4. The van der Waals surface area contributed by atoms with Gasteiger partial charge in [0.15, 0.2) is 0 Å². The second-order valence-corrected chi connectivity index (χ2v) is 11.4. The molecule has 0 fully saturated rings. The lowest BCUT2D eigenvalue weighted by atomic mass is 9.97. The third-order valence-corrected chi connectivity index (χ3v) is 8.29. The number of fused-ring (bicyclic) bond motifs is 1. The van der Waals surface area contributed by atoms with Gasteiger partial charge in [0.05, 0.1) is 5.69 Å². The van der Waals surface area contributed by atoms with Crippen LogP contribution in [0.2, 0.25) is 0 Å². The topological polar surface area (TPSA) is 53.5 Å². The summed E-state index contributed by atoms with van der Waals surface area (Å²) < 4.78 is 28.4. The van der Waals surface area contributed by atoms with Crippen molar-refractivity contribution in [1.82, 2.24) is 14.8 Å². The van der Waals surface area contributed by atoms with E-state index < -0.39 is 23.6 Å². The summed E-state index contributed by atoms with van der Waals surface area (Å²) in [6, 6.07) is 33.3. The Balaban J connectivity index is 1.36. The van der Waals surface area contributed by atoms with E-state index >= 15 is 0 Å². The van der Waals surface area contributed by atoms with Crippen molar-refractivity contribution in [2.45, 2.75) is 32.0 Å². The second-order valence-electron chi connectivity index (χ2n) is 11.4. The van der Waals surface area contributed by atoms with Crippen LogP contribution in [0.1, 0.15) is 27.8 Å². The summed E-state index contributed by atoms with van der Waals surface area (Å²) >= 11 is 0. The molecule has 46 heavy (non-hydrogen) atoms. The molecule has 0 spiro atoms. The van der Waals surface area contributed by atoms with Gasteiger partial charge in [-0.3, -0.25) is 14.6 Å². The van der Waals surface area contributed by atoms with E-state index in [-0.39, 0.29) is 24.4 Å². The minimum absolute atomic E-state index is 0.0495. The summed E-state index contributed by atoms with van der Waals surface area (Å²) in [4.78, 5) is 36.3. The van der Waals surface area contributed by atoms with E-state index in [1.807, 2.05) is 95.9 Å². The summed E-state index contributed by atoms with van der Waals surface area (Å²) in [5.41, 5.74) is 5.72. The van der Waals surface area contributed by atoms with Gasteiger partial charge in [0, 0.05) is 49.5 Å². The van der Waals surface area contributed by atoms with Crippen LogP contribution < -0.4 is 0 Å². The van der Waals surface area contributed by atoms with Crippen molar-refractivity contribution < 1.29 is 18.4 Å². The molecule has 0 saturated carbocycles. The molecule has 1 atom stereocenters. The van der Waals surface area contributed by atoms with Crippen LogP contribution in [0.4, 0.5) is 8.78 Å². The highest BCUT2D eigenvalue weighted by molar-refractivity contribution is 5.96. The standard InChI is InChI=1S/C39H33F2N3O2/c40-34-18-19-35(41)32(25-34)17-20-38(45)44(26-29-13-15-31(16-14-29)36-12-6-7-22-42-36)37(24-28-8-2-1-3-9-28)39(46)43-23-21-30-10-4-5-11-33(30)27-43/h1-20,22,25,37H,21,23-24,26-27H2/b20-17+/t37-/m0/s1. The number of amides is 2. The molecule has 0 aliphatic carbocycles. The fourth-order valence-corrected chi connectivity index (χ4v) is 5.81. The smallest absolute Gasteiger partial charge is 0.247 e. The maximum Gasteiger partial charge on any atom is 0.247 e. The molecule has 1 aromatic heterocycles. The van der Waals surface area contributed by atoms with Crippen molar-refractivity contribution in [3.8, 4) is 11.3 Å². The molecule has 230 valence electrons. The van der Waals surface area contributed by atoms with E-state index in [4.69, 9.17) is 0 Å². The number of aromatic nitrogens is 1. The van der Waals surface area contributed by atoms with E-state index in [2.05, 4.69) is 11.1 Å². The molecule has 2 heterocycles. The van der Waals surface area contributed by atoms with Crippen LogP contribution in [0.3, 0.4) is 0 Å². The molecule has 2 amide bonds. The van der Waals surface area contributed by atoms with Crippen LogP contribution in [0.15, 0.2) is 128 Å². The summed E-state index contributed by atoms with van der Waals surface area (Å²) in [6.45, 7) is 1.11. The van der Waals surface area contributed by atoms with Gasteiger partial charge in [-0.05, 0) is 65.1 Å². The van der Waals surface area contributed by atoms with Gasteiger partial charge in [0.2, 0.25) is 11.8 Å². The molecule has 7 heteroatoms. The molecule has 0 bridgehead atoms. The lowest BCUT2D eigenvalue weighted by Crippen LogP contribution is -2.52. The van der Waals surface area contributed by atoms with E-state index in [0.29, 0.717) is 13.1 Å². The van der Waals surface area contributed by atoms with Crippen molar-refractivity contribution in [2.24, 2.45) is 0 Å². The molecule has 0 N–H and O–H groups in total. The van der Waals surface area contributed by atoms with E-state index in [1.165, 1.54) is 17.7 Å². The fourth-order valence-electron chi connectivity index (χ4n) is 5.81. The average Bonchev–Trinajstić information content (AvgIpc) is 3.10. The Morgan fingerprint density at radius 2 is 1.57 bits per heavy atom. The fraction of sp³-hybridized carbons (Fsp3) is 0.154. The lowest BCUT2D eigenvalue weighted by Gasteiger charge is -2.37. The van der Waals surface area contributed by atoms with Crippen LogP contribution in [0, 0.1) is 11.6 Å². The Kier molecular flexibility index (Phi) is 9.39. The zero-order valence-corrected chi connectivity index (χ0v) is 25.2. The summed E-state index contributed by atoms with van der Waals surface area (Å²) in [7, 11) is 0. The molecule has 1 aliphatic heterocycles. The van der Waals surface area contributed by atoms with E-state index in [0.717, 1.165) is 52.6 Å². The lowest BCUT2D eigenvalue weighted by molar-refractivity contribution is -0.144. The molecule has 6 rings (SSSR count). The van der Waals surface area contributed by atoms with Gasteiger partial charge in [0.25, 0.3) is 0 Å². The average molecular weight is 614 g/mol. The van der Waals surface area contributed by atoms with Gasteiger partial charge < -0.3 is 9.80 Å². The van der Waals surface area contributed by atoms with Crippen LogP contribution in [0.25, 0.3) is 17.3 Å². The maximum atomic E-state index is 14.5. The van der Waals surface area contributed by atoms with Crippen LogP contribution in [0.5, 0.6) is 0 Å². The van der Waals surface area contributed by atoms with Crippen molar-refractivity contribution >= 4 is 17.9 Å². The quantitative estimate of drug-likeness (QED) is 0.165. The minimum atomic E-state index is -0.849. The number of hydrogen-bond donors (Lipinski definition) is 0. The summed E-state index contributed by atoms with van der Waals surface area (Å²) in [6.07, 6.45) is 5.23. The number of pyridine rings is 1. The summed E-state index contributed by atoms with van der Waals surface area (Å²) in [5, 5.41) is 0. The monoisotopic (exact) mass is 613 g/mol. The molecule has 5 nitrogen and oxygen atoms in total. The predicted molar refractivity (Wildman–Crippen MR) is 175 cm³/mol. The molecular weight excluding hydrogens is 580 g/mol. The zero-order chi connectivity index (χ0) is 31.9. The first-order chi connectivity index (χ1) is 22.4. The first-order valence-corrected chi connectivity index (χ1v) is 15.3. The highest BCUT2D eigenvalue weighted by atomic mass is 19.1. The van der Waals surface area contributed by atoms with Crippen molar-refractivity contribution in [3.05, 3.63) is 167 Å². The number of carbonyl (C=O) groups is 2. The Labute approximate surface area is 267 Å². The summed E-state index contributed by atoms with van der Waals surface area (Å²) in [5.74, 6) is -1.90. The molecule has 0 saturated heterocycles. The Morgan fingerprint density at radius 3 is 2.33 bits per heavy atom. The van der Waals surface area contributed by atoms with Gasteiger partial charge in [0.1, 0.15) is 17.7 Å². The molecule has 4 aromatic carbocycles. The maximum absolute atomic E-state index is 14.5. The van der Waals surface area contributed by atoms with Crippen molar-refractivity contribution in [2.75, 3.05) is 6.54 Å². The largest absolute Gasteiger partial charge is 0.336 e. The van der Waals surface area contributed by atoms with E-state index in [9.17, 15) is 18.4 Å². The number of halogens is 2. The molecule has 5 aromatic rings. The van der Waals surface area contributed by atoms with Gasteiger partial charge in [-0.25, -0.2) is 8.78 Å². The number of carbonyl (C=O) groups excluding carboxylic acids is 2. The third kappa shape index (κ3) is 7.26. The minimum Gasteiger partial charge on any atom is -0.336 e. The first kappa shape index (κ1) is 30.6. The van der Waals surface area contributed by atoms with Gasteiger partial charge >= 0.3 is 0 Å². The van der Waals surface area contributed by atoms with Gasteiger partial charge in [-0.1, -0.05) is 84.9 Å². The molecule has 0 radical (unpaired) electrons. The molecular formula is C39H33F2N3O2. The van der Waals surface area contributed by atoms with Crippen LogP contribution in [-0.2, 0) is 35.5 Å². The Bertz CT molecular complexity index is 1840. The number of nitrogens with zero attached hydrogens (tertiary/aromatic N) is 3. The van der Waals surface area contributed by atoms with Gasteiger partial charge in [-0.2, -0.15) is 0 Å². The SMILES string of the molecule is O=C([C@H](Cc1ccccc1)N(Cc1ccc(-c2ccccn2)cc1)C(=O)/C=C/c1cc(F)ccc1F)N1CCc2ccccc2C1. The normalized spacial score (nSPS) is 13.3. The van der Waals surface area contributed by atoms with Crippen LogP contribution >= 0.6 is 0 Å². The highest BCUT2D eigenvalue weighted by Crippen LogP contribution is 2.24. The van der Waals surface area contributed by atoms with Gasteiger partial charge in [-0.15, -0.1) is 0 Å². The zero-order valence-electron chi connectivity index (χ0n) is 25.2. The number of hydrogen-bond acceptors (Lipinski definition) is 3. The molecule has 0 unspecified atom stereocenters. The first-order valence-electron chi connectivity index (χ1n) is 15.3. The predicted octanol–water partition coefficient (Wildman–Crippen LogP) is 7.27. The van der Waals surface area contributed by atoms with Crippen LogP contribution in [-0.4, -0.2) is 39.2 Å². The van der Waals surface area contributed by atoms with E-state index in [1.54, 1.807) is 11.1 Å². The molecule has 1 aliphatic rings. The third-order valence-electron chi connectivity index (χ3n) is 8.29. The number of rotatable bonds is 9. The Morgan fingerprint density at radius 1 is 0.826 bits per heavy atom. The van der Waals surface area contributed by atoms with Crippen molar-refractivity contribution in [1.29, 1.82) is 0 Å². The highest BCUT2D eigenvalue weighted by Gasteiger charge is 2.34. The Hall–Kier alpha value is -5.43. The van der Waals surface area contributed by atoms with Crippen molar-refractivity contribution in [3.63, 3.8) is 0 Å².